The van der Waals surface area contributed by atoms with Crippen LogP contribution in [0.5, 0.6) is 11.6 Å². The van der Waals surface area contributed by atoms with Crippen LogP contribution in [0, 0.1) is 0 Å². The van der Waals surface area contributed by atoms with Crippen LogP contribution in [0.4, 0.5) is 13.2 Å². The average molecular weight is 327 g/mol. The molecule has 1 heterocycles. The van der Waals surface area contributed by atoms with Gasteiger partial charge < -0.3 is 15.2 Å². The van der Waals surface area contributed by atoms with Gasteiger partial charge in [0.05, 0.1) is 5.56 Å². The molecule has 2 N–H and O–H groups in total. The number of hydrogen-bond donors (Lipinski definition) is 1. The predicted molar refractivity (Wildman–Crippen MR) is 73.0 cm³/mol. The molecule has 0 aliphatic heterocycles. The maximum absolute atomic E-state index is 12.8. The van der Waals surface area contributed by atoms with E-state index in [4.69, 9.17) is 15.2 Å². The Balaban J connectivity index is 1.96. The van der Waals surface area contributed by atoms with Gasteiger partial charge >= 0.3 is 6.18 Å². The molecule has 122 valence electrons. The summed E-state index contributed by atoms with van der Waals surface area (Å²) in [6.45, 7) is -0.312. The summed E-state index contributed by atoms with van der Waals surface area (Å²) in [5.74, 6) is -1.23. The molecule has 2 aromatic rings. The number of aromatic nitrogens is 2. The normalized spacial score (nSPS) is 11.1. The third kappa shape index (κ3) is 4.31. The van der Waals surface area contributed by atoms with Crippen molar-refractivity contribution in [1.82, 2.24) is 9.97 Å². The molecule has 0 aliphatic carbocycles. The first kappa shape index (κ1) is 16.5. The minimum absolute atomic E-state index is 0.104. The van der Waals surface area contributed by atoms with Crippen LogP contribution in [-0.2, 0) is 6.18 Å². The Bertz CT molecular complexity index is 692. The number of nitrogens with zero attached hydrogens (tertiary/aromatic N) is 2. The van der Waals surface area contributed by atoms with E-state index in [0.717, 1.165) is 6.07 Å². The summed E-state index contributed by atoms with van der Waals surface area (Å²) in [5.41, 5.74) is 4.06. The molecule has 0 atom stereocenters. The van der Waals surface area contributed by atoms with Crippen molar-refractivity contribution in [3.05, 3.63) is 47.9 Å². The van der Waals surface area contributed by atoms with Crippen molar-refractivity contribution in [3.8, 4) is 11.6 Å². The maximum Gasteiger partial charge on any atom is 0.419 e. The quantitative estimate of drug-likeness (QED) is 0.821. The summed E-state index contributed by atoms with van der Waals surface area (Å²) < 4.78 is 48.6. The van der Waals surface area contributed by atoms with Crippen LogP contribution >= 0.6 is 0 Å². The van der Waals surface area contributed by atoms with Gasteiger partial charge in [0.1, 0.15) is 19.0 Å². The number of rotatable bonds is 6. The summed E-state index contributed by atoms with van der Waals surface area (Å²) in [5, 5.41) is 0. The molecule has 1 amide bonds. The van der Waals surface area contributed by atoms with Crippen molar-refractivity contribution in [2.45, 2.75) is 6.18 Å². The molecule has 2 rings (SSSR count). The van der Waals surface area contributed by atoms with E-state index in [1.54, 1.807) is 0 Å². The minimum Gasteiger partial charge on any atom is -0.489 e. The highest BCUT2D eigenvalue weighted by molar-refractivity contribution is 5.92. The van der Waals surface area contributed by atoms with Gasteiger partial charge in [-0.3, -0.25) is 4.79 Å². The lowest BCUT2D eigenvalue weighted by atomic mass is 10.2. The molecular formula is C14H12F3N3O3. The summed E-state index contributed by atoms with van der Waals surface area (Å²) >= 11 is 0. The Morgan fingerprint density at radius 1 is 1.09 bits per heavy atom. The zero-order valence-electron chi connectivity index (χ0n) is 11.7. The third-order valence-electron chi connectivity index (χ3n) is 2.67. The Labute approximate surface area is 129 Å². The molecule has 0 spiro atoms. The van der Waals surface area contributed by atoms with E-state index >= 15 is 0 Å². The fourth-order valence-electron chi connectivity index (χ4n) is 1.72. The van der Waals surface area contributed by atoms with Crippen molar-refractivity contribution < 1.29 is 27.4 Å². The molecule has 23 heavy (non-hydrogen) atoms. The molecular weight excluding hydrogens is 315 g/mol. The standard InChI is InChI=1S/C14H12F3N3O3/c15-14(16,17)9-3-1-2-4-10(9)22-7-8-23-13-11(12(18)21)19-5-6-20-13/h1-6H,7-8H2,(H2,18,21). The number of carbonyl (C=O) groups excluding carboxylic acids is 1. The van der Waals surface area contributed by atoms with Gasteiger partial charge in [0, 0.05) is 12.4 Å². The minimum atomic E-state index is -4.51. The average Bonchev–Trinajstić information content (AvgIpc) is 2.51. The first-order valence-electron chi connectivity index (χ1n) is 6.42. The largest absolute Gasteiger partial charge is 0.489 e. The predicted octanol–water partition coefficient (Wildman–Crippen LogP) is 2.05. The fraction of sp³-hybridized carbons (Fsp3) is 0.214. The molecule has 6 nitrogen and oxygen atoms in total. The van der Waals surface area contributed by atoms with E-state index < -0.39 is 17.6 Å². The molecule has 0 saturated heterocycles. The van der Waals surface area contributed by atoms with Crippen LogP contribution in [0.1, 0.15) is 16.1 Å². The van der Waals surface area contributed by atoms with Crippen molar-refractivity contribution in [1.29, 1.82) is 0 Å². The van der Waals surface area contributed by atoms with Crippen molar-refractivity contribution in [3.63, 3.8) is 0 Å². The molecule has 0 fully saturated rings. The molecule has 0 radical (unpaired) electrons. The second-order valence-corrected chi connectivity index (χ2v) is 4.27. The number of hydrogen-bond acceptors (Lipinski definition) is 5. The van der Waals surface area contributed by atoms with Crippen LogP contribution < -0.4 is 15.2 Å². The number of alkyl halides is 3. The van der Waals surface area contributed by atoms with Crippen LogP contribution in [0.2, 0.25) is 0 Å². The first-order chi connectivity index (χ1) is 10.9. The Morgan fingerprint density at radius 3 is 2.43 bits per heavy atom. The van der Waals surface area contributed by atoms with Gasteiger partial charge in [-0.1, -0.05) is 12.1 Å². The number of ether oxygens (including phenoxy) is 2. The van der Waals surface area contributed by atoms with Gasteiger partial charge in [-0.05, 0) is 12.1 Å². The molecule has 0 unspecified atom stereocenters. The van der Waals surface area contributed by atoms with Crippen molar-refractivity contribution in [2.24, 2.45) is 5.73 Å². The van der Waals surface area contributed by atoms with Crippen LogP contribution in [-0.4, -0.2) is 29.1 Å². The van der Waals surface area contributed by atoms with E-state index in [1.807, 2.05) is 0 Å². The van der Waals surface area contributed by atoms with Gasteiger partial charge in [0.15, 0.2) is 5.69 Å². The Morgan fingerprint density at radius 2 is 1.74 bits per heavy atom. The second-order valence-electron chi connectivity index (χ2n) is 4.27. The highest BCUT2D eigenvalue weighted by Gasteiger charge is 2.33. The van der Waals surface area contributed by atoms with E-state index in [2.05, 4.69) is 9.97 Å². The smallest absolute Gasteiger partial charge is 0.419 e. The molecule has 1 aromatic carbocycles. The monoisotopic (exact) mass is 327 g/mol. The lowest BCUT2D eigenvalue weighted by molar-refractivity contribution is -0.139. The fourth-order valence-corrected chi connectivity index (χ4v) is 1.72. The van der Waals surface area contributed by atoms with Crippen LogP contribution in [0.25, 0.3) is 0 Å². The summed E-state index contributed by atoms with van der Waals surface area (Å²) in [7, 11) is 0. The third-order valence-corrected chi connectivity index (χ3v) is 2.67. The lowest BCUT2D eigenvalue weighted by Crippen LogP contribution is -2.18. The van der Waals surface area contributed by atoms with E-state index in [-0.39, 0.29) is 30.5 Å². The SMILES string of the molecule is NC(=O)c1nccnc1OCCOc1ccccc1C(F)(F)F. The number of para-hydroxylation sites is 1. The number of carbonyl (C=O) groups is 1. The zero-order chi connectivity index (χ0) is 16.9. The molecule has 1 aromatic heterocycles. The number of halogens is 3. The highest BCUT2D eigenvalue weighted by atomic mass is 19.4. The molecule has 9 heteroatoms. The number of amides is 1. The number of primary amides is 1. The first-order valence-corrected chi connectivity index (χ1v) is 6.42. The lowest BCUT2D eigenvalue weighted by Gasteiger charge is -2.14. The van der Waals surface area contributed by atoms with Gasteiger partial charge in [-0.15, -0.1) is 0 Å². The van der Waals surface area contributed by atoms with Gasteiger partial charge in [0.25, 0.3) is 5.91 Å². The number of benzene rings is 1. The van der Waals surface area contributed by atoms with Gasteiger partial charge in [-0.25, -0.2) is 9.97 Å². The van der Waals surface area contributed by atoms with E-state index in [9.17, 15) is 18.0 Å². The number of nitrogens with two attached hydrogens (primary N) is 1. The van der Waals surface area contributed by atoms with E-state index in [1.165, 1.54) is 30.6 Å². The topological polar surface area (TPSA) is 87.3 Å². The van der Waals surface area contributed by atoms with Crippen LogP contribution in [0.15, 0.2) is 36.7 Å². The summed E-state index contributed by atoms with van der Waals surface area (Å²) in [6.07, 6.45) is -1.95. The molecule has 0 saturated carbocycles. The van der Waals surface area contributed by atoms with E-state index in [0.29, 0.717) is 0 Å². The Kier molecular flexibility index (Phi) is 4.99. The highest BCUT2D eigenvalue weighted by Crippen LogP contribution is 2.35. The molecule has 0 bridgehead atoms. The van der Waals surface area contributed by atoms with Crippen LogP contribution in [0.3, 0.4) is 0 Å². The zero-order valence-corrected chi connectivity index (χ0v) is 11.7. The van der Waals surface area contributed by atoms with Crippen molar-refractivity contribution in [2.75, 3.05) is 13.2 Å². The summed E-state index contributed by atoms with van der Waals surface area (Å²) in [6, 6.07) is 4.83. The Hall–Kier alpha value is -2.84. The molecule has 0 aliphatic rings. The van der Waals surface area contributed by atoms with Crippen molar-refractivity contribution >= 4 is 5.91 Å². The summed E-state index contributed by atoms with van der Waals surface area (Å²) in [4.78, 5) is 18.6. The van der Waals surface area contributed by atoms with Gasteiger partial charge in [-0.2, -0.15) is 13.2 Å². The maximum atomic E-state index is 12.8. The van der Waals surface area contributed by atoms with Gasteiger partial charge in [0.2, 0.25) is 5.88 Å². The second kappa shape index (κ2) is 6.95.